The maximum absolute atomic E-state index is 12.8. The zero-order valence-electron chi connectivity index (χ0n) is 15.8. The van der Waals surface area contributed by atoms with Crippen molar-refractivity contribution in [3.8, 4) is 0 Å². The van der Waals surface area contributed by atoms with Gasteiger partial charge in [0.05, 0.1) is 18.2 Å². The SMILES string of the molecule is CCOC(=O)C1=C(CN2CCCC[C@H]2C)NC(=O)N[C@@H]1c1ccc(Cl)cc1. The Morgan fingerprint density at radius 2 is 2.04 bits per heavy atom. The molecular weight excluding hydrogens is 366 g/mol. The lowest BCUT2D eigenvalue weighted by molar-refractivity contribution is -0.139. The molecule has 2 aliphatic rings. The molecule has 2 amide bonds. The first kappa shape index (κ1) is 19.7. The third-order valence-corrected chi connectivity index (χ3v) is 5.41. The summed E-state index contributed by atoms with van der Waals surface area (Å²) in [5, 5.41) is 6.30. The normalized spacial score (nSPS) is 23.6. The quantitative estimate of drug-likeness (QED) is 0.755. The lowest BCUT2D eigenvalue weighted by Crippen LogP contribution is -2.50. The van der Waals surface area contributed by atoms with Crippen molar-refractivity contribution in [3.05, 3.63) is 46.1 Å². The molecule has 1 fully saturated rings. The van der Waals surface area contributed by atoms with Crippen molar-refractivity contribution in [2.45, 2.75) is 45.2 Å². The lowest BCUT2D eigenvalue weighted by atomic mass is 9.94. The summed E-state index contributed by atoms with van der Waals surface area (Å²) >= 11 is 5.99. The van der Waals surface area contributed by atoms with E-state index in [0.29, 0.717) is 28.9 Å². The van der Waals surface area contributed by atoms with E-state index < -0.39 is 12.0 Å². The van der Waals surface area contributed by atoms with Gasteiger partial charge in [-0.05, 0) is 50.9 Å². The first-order valence-corrected chi connectivity index (χ1v) is 9.84. The molecule has 2 heterocycles. The zero-order valence-corrected chi connectivity index (χ0v) is 16.5. The molecule has 2 aliphatic heterocycles. The summed E-state index contributed by atoms with van der Waals surface area (Å²) in [6.45, 7) is 5.71. The van der Waals surface area contributed by atoms with E-state index in [1.807, 2.05) is 12.1 Å². The molecule has 0 saturated carbocycles. The maximum atomic E-state index is 12.8. The highest BCUT2D eigenvalue weighted by Crippen LogP contribution is 2.30. The first-order chi connectivity index (χ1) is 13.0. The Morgan fingerprint density at radius 3 is 2.70 bits per heavy atom. The van der Waals surface area contributed by atoms with Crippen molar-refractivity contribution in [1.82, 2.24) is 15.5 Å². The van der Waals surface area contributed by atoms with Crippen LogP contribution < -0.4 is 10.6 Å². The molecule has 0 radical (unpaired) electrons. The van der Waals surface area contributed by atoms with E-state index in [1.165, 1.54) is 6.42 Å². The second-order valence-electron chi connectivity index (χ2n) is 7.01. The number of ether oxygens (including phenoxy) is 1. The molecule has 0 unspecified atom stereocenters. The molecule has 2 atom stereocenters. The number of piperidine rings is 1. The fraction of sp³-hybridized carbons (Fsp3) is 0.500. The number of hydrogen-bond acceptors (Lipinski definition) is 4. The van der Waals surface area contributed by atoms with Crippen LogP contribution in [0.5, 0.6) is 0 Å². The monoisotopic (exact) mass is 391 g/mol. The molecule has 27 heavy (non-hydrogen) atoms. The largest absolute Gasteiger partial charge is 0.463 e. The fourth-order valence-electron chi connectivity index (χ4n) is 3.69. The Hall–Kier alpha value is -2.05. The fourth-order valence-corrected chi connectivity index (χ4v) is 3.82. The van der Waals surface area contributed by atoms with Crippen LogP contribution >= 0.6 is 11.6 Å². The minimum Gasteiger partial charge on any atom is -0.463 e. The van der Waals surface area contributed by atoms with E-state index in [9.17, 15) is 9.59 Å². The molecule has 146 valence electrons. The smallest absolute Gasteiger partial charge is 0.338 e. The van der Waals surface area contributed by atoms with Crippen molar-refractivity contribution in [1.29, 1.82) is 0 Å². The van der Waals surface area contributed by atoms with E-state index in [4.69, 9.17) is 16.3 Å². The van der Waals surface area contributed by atoms with E-state index in [0.717, 1.165) is 24.9 Å². The molecule has 3 rings (SSSR count). The number of likely N-dealkylation sites (tertiary alicyclic amines) is 1. The predicted molar refractivity (Wildman–Crippen MR) is 104 cm³/mol. The van der Waals surface area contributed by atoms with Gasteiger partial charge in [0.25, 0.3) is 0 Å². The number of rotatable bonds is 5. The number of amides is 2. The predicted octanol–water partition coefficient (Wildman–Crippen LogP) is 3.39. The number of nitrogens with zero attached hydrogens (tertiary/aromatic N) is 1. The number of urea groups is 1. The van der Waals surface area contributed by atoms with Crippen LogP contribution in [-0.4, -0.2) is 42.6 Å². The molecule has 0 aromatic heterocycles. The highest BCUT2D eigenvalue weighted by Gasteiger charge is 2.35. The van der Waals surface area contributed by atoms with Gasteiger partial charge in [0.15, 0.2) is 0 Å². The van der Waals surface area contributed by atoms with Gasteiger partial charge in [-0.2, -0.15) is 0 Å². The van der Waals surface area contributed by atoms with Gasteiger partial charge in [-0.1, -0.05) is 30.2 Å². The molecule has 0 bridgehead atoms. The van der Waals surface area contributed by atoms with Gasteiger partial charge in [-0.15, -0.1) is 0 Å². The van der Waals surface area contributed by atoms with Crippen LogP contribution in [0.3, 0.4) is 0 Å². The average molecular weight is 392 g/mol. The summed E-state index contributed by atoms with van der Waals surface area (Å²) in [6.07, 6.45) is 3.46. The Kier molecular flexibility index (Phi) is 6.39. The van der Waals surface area contributed by atoms with Gasteiger partial charge >= 0.3 is 12.0 Å². The van der Waals surface area contributed by atoms with E-state index in [-0.39, 0.29) is 12.6 Å². The molecule has 2 N–H and O–H groups in total. The third-order valence-electron chi connectivity index (χ3n) is 5.15. The lowest BCUT2D eigenvalue weighted by Gasteiger charge is -2.36. The van der Waals surface area contributed by atoms with Gasteiger partial charge in [0.1, 0.15) is 0 Å². The maximum Gasteiger partial charge on any atom is 0.338 e. The molecular formula is C20H26ClN3O3. The Morgan fingerprint density at radius 1 is 1.30 bits per heavy atom. The number of carbonyl (C=O) groups is 2. The van der Waals surface area contributed by atoms with Crippen LogP contribution in [0, 0.1) is 0 Å². The molecule has 1 aromatic rings. The van der Waals surface area contributed by atoms with Crippen molar-refractivity contribution in [2.24, 2.45) is 0 Å². The summed E-state index contributed by atoms with van der Waals surface area (Å²) in [5.41, 5.74) is 1.86. The Balaban J connectivity index is 1.98. The summed E-state index contributed by atoms with van der Waals surface area (Å²) in [5.74, 6) is -0.412. The molecule has 1 aromatic carbocycles. The minimum absolute atomic E-state index is 0.275. The summed E-state index contributed by atoms with van der Waals surface area (Å²) in [7, 11) is 0. The molecule has 0 spiro atoms. The van der Waals surface area contributed by atoms with Crippen LogP contribution in [0.15, 0.2) is 35.5 Å². The topological polar surface area (TPSA) is 70.7 Å². The van der Waals surface area contributed by atoms with Gasteiger partial charge in [0.2, 0.25) is 0 Å². The van der Waals surface area contributed by atoms with Crippen LogP contribution in [0.1, 0.15) is 44.7 Å². The molecule has 6 nitrogen and oxygen atoms in total. The summed E-state index contributed by atoms with van der Waals surface area (Å²) in [6, 6.07) is 6.67. The third kappa shape index (κ3) is 4.62. The van der Waals surface area contributed by atoms with Crippen molar-refractivity contribution in [3.63, 3.8) is 0 Å². The summed E-state index contributed by atoms with van der Waals surface area (Å²) < 4.78 is 5.31. The number of nitrogens with one attached hydrogen (secondary N) is 2. The van der Waals surface area contributed by atoms with Gasteiger partial charge < -0.3 is 15.4 Å². The number of carbonyl (C=O) groups excluding carboxylic acids is 2. The van der Waals surface area contributed by atoms with Gasteiger partial charge in [-0.25, -0.2) is 9.59 Å². The highest BCUT2D eigenvalue weighted by molar-refractivity contribution is 6.30. The van der Waals surface area contributed by atoms with E-state index in [1.54, 1.807) is 19.1 Å². The average Bonchev–Trinajstić information content (AvgIpc) is 2.64. The van der Waals surface area contributed by atoms with Crippen LogP contribution in [-0.2, 0) is 9.53 Å². The molecule has 0 aliphatic carbocycles. The van der Waals surface area contributed by atoms with Crippen LogP contribution in [0.2, 0.25) is 5.02 Å². The van der Waals surface area contributed by atoms with E-state index >= 15 is 0 Å². The number of esters is 1. The molecule has 1 saturated heterocycles. The highest BCUT2D eigenvalue weighted by atomic mass is 35.5. The zero-order chi connectivity index (χ0) is 19.4. The second-order valence-corrected chi connectivity index (χ2v) is 7.45. The van der Waals surface area contributed by atoms with Crippen molar-refractivity contribution >= 4 is 23.6 Å². The van der Waals surface area contributed by atoms with Crippen LogP contribution in [0.25, 0.3) is 0 Å². The Labute approximate surface area is 164 Å². The van der Waals surface area contributed by atoms with Crippen LogP contribution in [0.4, 0.5) is 4.79 Å². The number of halogens is 1. The number of hydrogen-bond donors (Lipinski definition) is 2. The van der Waals surface area contributed by atoms with E-state index in [2.05, 4.69) is 22.5 Å². The van der Waals surface area contributed by atoms with Crippen molar-refractivity contribution < 1.29 is 14.3 Å². The van der Waals surface area contributed by atoms with Gasteiger partial charge in [0, 0.05) is 23.3 Å². The standard InChI is InChI=1S/C20H26ClN3O3/c1-3-27-19(25)17-16(12-24-11-5-4-6-13(24)2)22-20(26)23-18(17)14-7-9-15(21)10-8-14/h7-10,13,18H,3-6,11-12H2,1-2H3,(H2,22,23,26)/t13-,18-/m1/s1. The summed E-state index contributed by atoms with van der Waals surface area (Å²) in [4.78, 5) is 27.4. The Bertz CT molecular complexity index is 732. The van der Waals surface area contributed by atoms with Gasteiger partial charge in [-0.3, -0.25) is 4.90 Å². The minimum atomic E-state index is -0.565. The number of benzene rings is 1. The second kappa shape index (κ2) is 8.76. The molecule has 7 heteroatoms. The van der Waals surface area contributed by atoms with Crippen molar-refractivity contribution in [2.75, 3.05) is 19.7 Å². The first-order valence-electron chi connectivity index (χ1n) is 9.46.